The molecule has 0 saturated heterocycles. The Morgan fingerprint density at radius 1 is 1.12 bits per heavy atom. The first kappa shape index (κ1) is 19.4. The maximum absolute atomic E-state index is 12.3. The number of benzene rings is 2. The first-order valence-electron chi connectivity index (χ1n) is 7.71. The molecule has 0 fully saturated rings. The maximum atomic E-state index is 12.3. The van der Waals surface area contributed by atoms with E-state index in [-0.39, 0.29) is 22.9 Å². The van der Waals surface area contributed by atoms with Crippen LogP contribution in [0.5, 0.6) is 0 Å². The van der Waals surface area contributed by atoms with Gasteiger partial charge in [0.1, 0.15) is 6.04 Å². The van der Waals surface area contributed by atoms with Crippen molar-refractivity contribution in [3.63, 3.8) is 0 Å². The molecule has 0 aliphatic carbocycles. The molecule has 8 heteroatoms. The summed E-state index contributed by atoms with van der Waals surface area (Å²) in [7, 11) is -3.75. The van der Waals surface area contributed by atoms with E-state index in [1.54, 1.807) is 6.92 Å². The molecule has 2 atom stereocenters. The molecule has 0 aliphatic heterocycles. The van der Waals surface area contributed by atoms with Crippen LogP contribution < -0.4 is 15.8 Å². The van der Waals surface area contributed by atoms with Gasteiger partial charge in [-0.1, -0.05) is 29.8 Å². The zero-order valence-electron chi connectivity index (χ0n) is 13.9. The first-order valence-corrected chi connectivity index (χ1v) is 9.64. The van der Waals surface area contributed by atoms with Crippen LogP contribution in [0.25, 0.3) is 0 Å². The predicted octanol–water partition coefficient (Wildman–Crippen LogP) is 1.64. The summed E-state index contributed by atoms with van der Waals surface area (Å²) in [4.78, 5) is 12.3. The molecule has 6 nitrogen and oxygen atoms in total. The molecular formula is C17H21ClN3O3S+. The number of primary sulfonamides is 1. The molecule has 0 spiro atoms. The number of rotatable bonds is 6. The highest BCUT2D eigenvalue weighted by Crippen LogP contribution is 2.19. The van der Waals surface area contributed by atoms with Gasteiger partial charge in [0.05, 0.1) is 4.90 Å². The van der Waals surface area contributed by atoms with E-state index in [4.69, 9.17) is 16.7 Å². The number of quaternary nitrogens is 1. The predicted molar refractivity (Wildman–Crippen MR) is 97.7 cm³/mol. The van der Waals surface area contributed by atoms with Gasteiger partial charge in [-0.2, -0.15) is 0 Å². The number of carbonyl (C=O) groups is 1. The lowest BCUT2D eigenvalue weighted by Gasteiger charge is -2.17. The van der Waals surface area contributed by atoms with Crippen LogP contribution >= 0.6 is 11.6 Å². The lowest BCUT2D eigenvalue weighted by Crippen LogP contribution is -2.91. The van der Waals surface area contributed by atoms with Gasteiger partial charge in [0.25, 0.3) is 5.91 Å². The number of halogens is 1. The number of nitrogens with one attached hydrogen (secondary N) is 1. The number of anilines is 1. The highest BCUT2D eigenvalue weighted by molar-refractivity contribution is 7.89. The van der Waals surface area contributed by atoms with Crippen LogP contribution in [0.1, 0.15) is 25.5 Å². The molecule has 2 aromatic carbocycles. The van der Waals surface area contributed by atoms with E-state index in [9.17, 15) is 13.2 Å². The summed E-state index contributed by atoms with van der Waals surface area (Å²) < 4.78 is 22.5. The zero-order valence-corrected chi connectivity index (χ0v) is 15.5. The molecule has 2 aromatic rings. The minimum atomic E-state index is -3.75. The molecule has 134 valence electrons. The third-order valence-corrected chi connectivity index (χ3v) is 5.11. The second-order valence-electron chi connectivity index (χ2n) is 5.85. The summed E-state index contributed by atoms with van der Waals surface area (Å²) in [6.45, 7) is 3.77. The number of sulfonamides is 1. The minimum absolute atomic E-state index is 0.00236. The Morgan fingerprint density at radius 3 is 2.28 bits per heavy atom. The lowest BCUT2D eigenvalue weighted by atomic mass is 10.1. The fraction of sp³-hybridized carbons (Fsp3) is 0.235. The molecule has 5 N–H and O–H groups in total. The fourth-order valence-electron chi connectivity index (χ4n) is 2.45. The third-order valence-electron chi connectivity index (χ3n) is 3.84. The first-order chi connectivity index (χ1) is 11.7. The normalized spacial score (nSPS) is 13.9. The van der Waals surface area contributed by atoms with Gasteiger partial charge in [0, 0.05) is 16.3 Å². The van der Waals surface area contributed by atoms with Crippen molar-refractivity contribution in [3.05, 3.63) is 59.1 Å². The number of hydrogen-bond acceptors (Lipinski definition) is 3. The molecule has 0 radical (unpaired) electrons. The summed E-state index contributed by atoms with van der Waals surface area (Å²) in [6.07, 6.45) is 0. The molecule has 0 saturated carbocycles. The van der Waals surface area contributed by atoms with Crippen molar-refractivity contribution in [2.75, 3.05) is 5.32 Å². The van der Waals surface area contributed by atoms with E-state index in [0.717, 1.165) is 5.56 Å². The lowest BCUT2D eigenvalue weighted by molar-refractivity contribution is -0.709. The van der Waals surface area contributed by atoms with Crippen LogP contribution in [-0.2, 0) is 14.8 Å². The second-order valence-corrected chi connectivity index (χ2v) is 7.82. The van der Waals surface area contributed by atoms with E-state index in [0.29, 0.717) is 10.7 Å². The van der Waals surface area contributed by atoms with Crippen LogP contribution in [0.15, 0.2) is 53.4 Å². The number of nitrogens with two attached hydrogens (primary N) is 2. The Morgan fingerprint density at radius 2 is 1.72 bits per heavy atom. The van der Waals surface area contributed by atoms with Gasteiger partial charge in [-0.25, -0.2) is 13.6 Å². The summed E-state index contributed by atoms with van der Waals surface area (Å²) >= 11 is 6.18. The van der Waals surface area contributed by atoms with Crippen molar-refractivity contribution in [3.8, 4) is 0 Å². The van der Waals surface area contributed by atoms with Gasteiger partial charge < -0.3 is 10.6 Å². The standard InChI is InChI=1S/C17H20ClN3O3S/c1-11(15-5-3-4-6-16(15)18)20-12(2)17(22)21-13-7-9-14(10-8-13)25(19,23)24/h3-12,20H,1-2H3,(H,21,22)(H2,19,23,24)/p+1/t11-,12-/m0/s1. The summed E-state index contributed by atoms with van der Waals surface area (Å²) in [5.74, 6) is -0.192. The van der Waals surface area contributed by atoms with Crippen molar-refractivity contribution in [2.24, 2.45) is 5.14 Å². The molecular weight excluding hydrogens is 362 g/mol. The van der Waals surface area contributed by atoms with E-state index >= 15 is 0 Å². The average molecular weight is 383 g/mol. The van der Waals surface area contributed by atoms with Gasteiger partial charge in [0.15, 0.2) is 6.04 Å². The molecule has 0 unspecified atom stereocenters. The van der Waals surface area contributed by atoms with Gasteiger partial charge >= 0.3 is 0 Å². The molecule has 0 aromatic heterocycles. The van der Waals surface area contributed by atoms with Crippen molar-refractivity contribution in [1.82, 2.24) is 0 Å². The molecule has 2 rings (SSSR count). The minimum Gasteiger partial charge on any atom is -0.330 e. The van der Waals surface area contributed by atoms with Gasteiger partial charge in [-0.05, 0) is 44.2 Å². The largest absolute Gasteiger partial charge is 0.330 e. The monoisotopic (exact) mass is 382 g/mol. The van der Waals surface area contributed by atoms with Crippen molar-refractivity contribution in [2.45, 2.75) is 30.8 Å². The van der Waals surface area contributed by atoms with Crippen molar-refractivity contribution >= 4 is 33.2 Å². The Kier molecular flexibility index (Phi) is 6.18. The van der Waals surface area contributed by atoms with Crippen molar-refractivity contribution < 1.29 is 18.5 Å². The SMILES string of the molecule is C[C@H]([NH2+][C@@H](C)c1ccccc1Cl)C(=O)Nc1ccc(S(N)(=O)=O)cc1. The van der Waals surface area contributed by atoms with Crippen LogP contribution in [0, 0.1) is 0 Å². The summed E-state index contributed by atoms with van der Waals surface area (Å²) in [6, 6.07) is 12.9. The second kappa shape index (κ2) is 7.97. The van der Waals surface area contributed by atoms with Gasteiger partial charge in [-0.3, -0.25) is 4.79 Å². The molecule has 0 heterocycles. The molecule has 0 aliphatic rings. The van der Waals surface area contributed by atoms with Gasteiger partial charge in [-0.15, -0.1) is 0 Å². The highest BCUT2D eigenvalue weighted by atomic mass is 35.5. The Hall–Kier alpha value is -1.93. The van der Waals surface area contributed by atoms with Crippen LogP contribution in [-0.4, -0.2) is 20.4 Å². The van der Waals surface area contributed by atoms with E-state index in [1.807, 2.05) is 36.5 Å². The zero-order chi connectivity index (χ0) is 18.6. The Labute approximate surface area is 152 Å². The van der Waals surface area contributed by atoms with Crippen molar-refractivity contribution in [1.29, 1.82) is 0 Å². The van der Waals surface area contributed by atoms with Gasteiger partial charge in [0.2, 0.25) is 10.0 Å². The topological polar surface area (TPSA) is 106 Å². The fourth-order valence-corrected chi connectivity index (χ4v) is 3.28. The molecule has 25 heavy (non-hydrogen) atoms. The maximum Gasteiger partial charge on any atom is 0.282 e. The number of carbonyl (C=O) groups excluding carboxylic acids is 1. The Bertz CT molecular complexity index is 854. The third kappa shape index (κ3) is 5.27. The number of hydrogen-bond donors (Lipinski definition) is 3. The average Bonchev–Trinajstić information content (AvgIpc) is 2.54. The summed E-state index contributed by atoms with van der Waals surface area (Å²) in [5.41, 5.74) is 1.46. The Balaban J connectivity index is 1.99. The molecule has 0 bridgehead atoms. The van der Waals surface area contributed by atoms with E-state index < -0.39 is 10.0 Å². The summed E-state index contributed by atoms with van der Waals surface area (Å²) in [5, 5.41) is 10.4. The van der Waals surface area contributed by atoms with Crippen LogP contribution in [0.2, 0.25) is 5.02 Å². The highest BCUT2D eigenvalue weighted by Gasteiger charge is 2.21. The van der Waals surface area contributed by atoms with E-state index in [1.165, 1.54) is 24.3 Å². The number of amides is 1. The smallest absolute Gasteiger partial charge is 0.282 e. The van der Waals surface area contributed by atoms with Crippen LogP contribution in [0.3, 0.4) is 0 Å². The van der Waals surface area contributed by atoms with E-state index in [2.05, 4.69) is 5.32 Å². The quantitative estimate of drug-likeness (QED) is 0.707. The van der Waals surface area contributed by atoms with Crippen LogP contribution in [0.4, 0.5) is 5.69 Å². The molecule has 1 amide bonds.